The van der Waals surface area contributed by atoms with Crippen molar-refractivity contribution in [3.05, 3.63) is 0 Å². The number of carbonyl (C=O) groups excluding carboxylic acids is 1. The van der Waals surface area contributed by atoms with Crippen molar-refractivity contribution in [2.75, 3.05) is 6.61 Å². The lowest BCUT2D eigenvalue weighted by atomic mass is 10.2. The Kier molecular flexibility index (Phi) is 4.81. The molecule has 2 atom stereocenters. The van der Waals surface area contributed by atoms with Crippen LogP contribution in [-0.2, 0) is 9.53 Å². The number of aliphatic hydroxyl groups excluding tert-OH is 2. The third-order valence-electron chi connectivity index (χ3n) is 1.28. The second kappa shape index (κ2) is 5.09. The molecule has 0 rings (SSSR count). The van der Waals surface area contributed by atoms with E-state index in [0.717, 1.165) is 0 Å². The van der Waals surface area contributed by atoms with Crippen molar-refractivity contribution in [2.45, 2.75) is 32.5 Å². The average Bonchev–Trinajstić information content (AvgIpc) is 1.86. The van der Waals surface area contributed by atoms with Gasteiger partial charge >= 0.3 is 5.97 Å². The van der Waals surface area contributed by atoms with Crippen molar-refractivity contribution in [3.63, 3.8) is 0 Å². The summed E-state index contributed by atoms with van der Waals surface area (Å²) in [6.07, 6.45) is -1.31. The summed E-state index contributed by atoms with van der Waals surface area (Å²) in [4.78, 5) is 10.2. The van der Waals surface area contributed by atoms with Crippen molar-refractivity contribution >= 4 is 5.97 Å². The number of esters is 1. The van der Waals surface area contributed by atoms with Crippen LogP contribution in [0.15, 0.2) is 0 Å². The van der Waals surface area contributed by atoms with Crippen LogP contribution in [0, 0.1) is 0 Å². The molecular weight excluding hydrogens is 148 g/mol. The van der Waals surface area contributed by atoms with Gasteiger partial charge in [0.2, 0.25) is 0 Å². The lowest BCUT2D eigenvalue weighted by Gasteiger charge is -2.12. The van der Waals surface area contributed by atoms with Crippen LogP contribution < -0.4 is 0 Å². The van der Waals surface area contributed by atoms with Gasteiger partial charge in [0.05, 0.1) is 18.8 Å². The molecule has 0 heterocycles. The highest BCUT2D eigenvalue weighted by Crippen LogP contribution is 1.97. The topological polar surface area (TPSA) is 66.8 Å². The molecule has 0 aromatic heterocycles. The van der Waals surface area contributed by atoms with E-state index >= 15 is 0 Å². The van der Waals surface area contributed by atoms with Crippen LogP contribution in [0.1, 0.15) is 20.3 Å². The van der Waals surface area contributed by atoms with Crippen LogP contribution in [0.5, 0.6) is 0 Å². The molecule has 0 saturated carbocycles. The van der Waals surface area contributed by atoms with Gasteiger partial charge in [-0.1, -0.05) is 0 Å². The lowest BCUT2D eigenvalue weighted by Crippen LogP contribution is -2.24. The summed E-state index contributed by atoms with van der Waals surface area (Å²) in [5.41, 5.74) is 0. The molecule has 0 fully saturated rings. The molecule has 0 aliphatic rings. The predicted octanol–water partition coefficient (Wildman–Crippen LogP) is -0.319. The van der Waals surface area contributed by atoms with E-state index in [2.05, 4.69) is 4.74 Å². The number of rotatable bonds is 4. The molecular formula is C7H14O4. The molecule has 0 amide bonds. The monoisotopic (exact) mass is 162 g/mol. The van der Waals surface area contributed by atoms with E-state index in [4.69, 9.17) is 10.2 Å². The molecule has 66 valence electrons. The Morgan fingerprint density at radius 2 is 2.09 bits per heavy atom. The number of carbonyl (C=O) groups is 1. The first-order valence-electron chi connectivity index (χ1n) is 3.53. The van der Waals surface area contributed by atoms with Gasteiger partial charge in [-0.15, -0.1) is 0 Å². The SMILES string of the molecule is CC(=O)OCCC(O)C(C)O. The van der Waals surface area contributed by atoms with Gasteiger partial charge in [-0.2, -0.15) is 0 Å². The number of ether oxygens (including phenoxy) is 1. The molecule has 2 N–H and O–H groups in total. The minimum absolute atomic E-state index is 0.154. The van der Waals surface area contributed by atoms with Crippen molar-refractivity contribution in [3.8, 4) is 0 Å². The largest absolute Gasteiger partial charge is 0.466 e. The summed E-state index contributed by atoms with van der Waals surface area (Å²) >= 11 is 0. The van der Waals surface area contributed by atoms with E-state index in [0.29, 0.717) is 0 Å². The second-order valence-electron chi connectivity index (χ2n) is 2.44. The summed E-state index contributed by atoms with van der Waals surface area (Å²) in [7, 11) is 0. The zero-order valence-electron chi connectivity index (χ0n) is 6.78. The fourth-order valence-electron chi connectivity index (χ4n) is 0.565. The van der Waals surface area contributed by atoms with Crippen LogP contribution in [-0.4, -0.2) is 35.0 Å². The van der Waals surface area contributed by atoms with E-state index in [9.17, 15) is 4.79 Å². The Bertz CT molecular complexity index is 122. The summed E-state index contributed by atoms with van der Waals surface area (Å²) in [6.45, 7) is 2.94. The van der Waals surface area contributed by atoms with Crippen molar-refractivity contribution in [1.82, 2.24) is 0 Å². The van der Waals surface area contributed by atoms with Gasteiger partial charge in [0, 0.05) is 13.3 Å². The second-order valence-corrected chi connectivity index (χ2v) is 2.44. The van der Waals surface area contributed by atoms with Gasteiger partial charge in [0.25, 0.3) is 0 Å². The first-order chi connectivity index (χ1) is 5.04. The molecule has 0 saturated heterocycles. The fraction of sp³-hybridized carbons (Fsp3) is 0.857. The maximum Gasteiger partial charge on any atom is 0.302 e. The predicted molar refractivity (Wildman–Crippen MR) is 38.9 cm³/mol. The summed E-state index contributed by atoms with van der Waals surface area (Å²) in [5.74, 6) is -0.372. The van der Waals surface area contributed by atoms with Crippen molar-refractivity contribution in [2.24, 2.45) is 0 Å². The van der Waals surface area contributed by atoms with Crippen molar-refractivity contribution in [1.29, 1.82) is 0 Å². The van der Waals surface area contributed by atoms with Gasteiger partial charge in [-0.3, -0.25) is 4.79 Å². The minimum atomic E-state index is -0.811. The lowest BCUT2D eigenvalue weighted by molar-refractivity contribution is -0.142. The van der Waals surface area contributed by atoms with Crippen LogP contribution in [0.3, 0.4) is 0 Å². The third kappa shape index (κ3) is 5.82. The zero-order chi connectivity index (χ0) is 8.85. The van der Waals surface area contributed by atoms with Gasteiger partial charge < -0.3 is 14.9 Å². The fourth-order valence-corrected chi connectivity index (χ4v) is 0.565. The molecule has 0 aromatic carbocycles. The standard InChI is InChI=1S/C7H14O4/c1-5(8)7(10)3-4-11-6(2)9/h5,7-8,10H,3-4H2,1-2H3. The summed E-state index contributed by atoms with van der Waals surface area (Å²) in [6, 6.07) is 0. The van der Waals surface area contributed by atoms with Crippen molar-refractivity contribution < 1.29 is 19.7 Å². The first kappa shape index (κ1) is 10.4. The molecule has 2 unspecified atom stereocenters. The van der Waals surface area contributed by atoms with E-state index < -0.39 is 12.2 Å². The summed E-state index contributed by atoms with van der Waals surface area (Å²) < 4.78 is 4.55. The molecule has 0 spiro atoms. The maximum atomic E-state index is 10.2. The first-order valence-corrected chi connectivity index (χ1v) is 3.53. The Labute approximate surface area is 65.8 Å². The Morgan fingerprint density at radius 3 is 2.45 bits per heavy atom. The number of hydrogen-bond acceptors (Lipinski definition) is 4. The molecule has 0 bridgehead atoms. The van der Waals surface area contributed by atoms with E-state index in [1.165, 1.54) is 13.8 Å². The number of aliphatic hydroxyl groups is 2. The Hall–Kier alpha value is -0.610. The van der Waals surface area contributed by atoms with Crippen LogP contribution in [0.2, 0.25) is 0 Å². The molecule has 0 aromatic rings. The Balaban J connectivity index is 3.31. The maximum absolute atomic E-state index is 10.2. The highest BCUT2D eigenvalue weighted by molar-refractivity contribution is 5.65. The Morgan fingerprint density at radius 1 is 1.55 bits per heavy atom. The van der Waals surface area contributed by atoms with Crippen LogP contribution >= 0.6 is 0 Å². The van der Waals surface area contributed by atoms with Gasteiger partial charge in [0.1, 0.15) is 0 Å². The highest BCUT2D eigenvalue weighted by atomic mass is 16.5. The molecule has 0 aliphatic heterocycles. The molecule has 0 radical (unpaired) electrons. The number of hydrogen-bond donors (Lipinski definition) is 2. The third-order valence-corrected chi connectivity index (χ3v) is 1.28. The van der Waals surface area contributed by atoms with Gasteiger partial charge in [-0.05, 0) is 6.92 Å². The smallest absolute Gasteiger partial charge is 0.302 e. The van der Waals surface area contributed by atoms with E-state index in [-0.39, 0.29) is 19.0 Å². The van der Waals surface area contributed by atoms with Gasteiger partial charge in [0.15, 0.2) is 0 Å². The normalized spacial score (nSPS) is 15.6. The average molecular weight is 162 g/mol. The summed E-state index contributed by atoms with van der Waals surface area (Å²) in [5, 5.41) is 17.8. The molecule has 0 aliphatic carbocycles. The molecule has 4 heteroatoms. The zero-order valence-corrected chi connectivity index (χ0v) is 6.78. The van der Waals surface area contributed by atoms with Crippen LogP contribution in [0.25, 0.3) is 0 Å². The molecule has 4 nitrogen and oxygen atoms in total. The quantitative estimate of drug-likeness (QED) is 0.556. The molecule has 11 heavy (non-hydrogen) atoms. The van der Waals surface area contributed by atoms with E-state index in [1.54, 1.807) is 0 Å². The van der Waals surface area contributed by atoms with Gasteiger partial charge in [-0.25, -0.2) is 0 Å². The highest BCUT2D eigenvalue weighted by Gasteiger charge is 2.10. The minimum Gasteiger partial charge on any atom is -0.466 e. The van der Waals surface area contributed by atoms with E-state index in [1.807, 2.05) is 0 Å². The van der Waals surface area contributed by atoms with Crippen LogP contribution in [0.4, 0.5) is 0 Å².